The van der Waals surface area contributed by atoms with E-state index in [-0.39, 0.29) is 5.95 Å². The SMILES string of the molecule is CCCNc1cc(-c2ccc(OC)cc2)nc(N)n1. The molecule has 2 aromatic rings. The molecule has 3 N–H and O–H groups in total. The summed E-state index contributed by atoms with van der Waals surface area (Å²) in [6.07, 6.45) is 1.03. The molecule has 19 heavy (non-hydrogen) atoms. The van der Waals surface area contributed by atoms with Crippen molar-refractivity contribution in [2.45, 2.75) is 13.3 Å². The molecule has 0 atom stereocenters. The zero-order valence-electron chi connectivity index (χ0n) is 11.2. The second-order valence-electron chi connectivity index (χ2n) is 4.15. The van der Waals surface area contributed by atoms with E-state index in [1.54, 1.807) is 7.11 Å². The van der Waals surface area contributed by atoms with Gasteiger partial charge in [0.25, 0.3) is 0 Å². The van der Waals surface area contributed by atoms with Crippen LogP contribution in [-0.2, 0) is 0 Å². The van der Waals surface area contributed by atoms with Crippen molar-refractivity contribution in [3.8, 4) is 17.0 Å². The molecule has 0 fully saturated rings. The van der Waals surface area contributed by atoms with Gasteiger partial charge in [-0.15, -0.1) is 0 Å². The van der Waals surface area contributed by atoms with Crippen molar-refractivity contribution in [1.29, 1.82) is 0 Å². The molecule has 0 saturated carbocycles. The average molecular weight is 258 g/mol. The Morgan fingerprint density at radius 1 is 1.21 bits per heavy atom. The van der Waals surface area contributed by atoms with Crippen LogP contribution < -0.4 is 15.8 Å². The van der Waals surface area contributed by atoms with Gasteiger partial charge < -0.3 is 15.8 Å². The number of benzene rings is 1. The summed E-state index contributed by atoms with van der Waals surface area (Å²) in [5, 5.41) is 3.21. The Balaban J connectivity index is 2.29. The minimum atomic E-state index is 0.270. The third kappa shape index (κ3) is 3.34. The number of nitrogens with zero attached hydrogens (tertiary/aromatic N) is 2. The van der Waals surface area contributed by atoms with E-state index >= 15 is 0 Å². The number of hydrogen-bond donors (Lipinski definition) is 2. The van der Waals surface area contributed by atoms with Crippen LogP contribution in [0.4, 0.5) is 11.8 Å². The van der Waals surface area contributed by atoms with Crippen molar-refractivity contribution < 1.29 is 4.74 Å². The third-order valence-corrected chi connectivity index (χ3v) is 2.69. The molecule has 0 bridgehead atoms. The lowest BCUT2D eigenvalue weighted by Crippen LogP contribution is -2.05. The first-order chi connectivity index (χ1) is 9.22. The monoisotopic (exact) mass is 258 g/mol. The predicted molar refractivity (Wildman–Crippen MR) is 77.2 cm³/mol. The van der Waals surface area contributed by atoms with Crippen LogP contribution >= 0.6 is 0 Å². The Bertz CT molecular complexity index is 540. The number of aromatic nitrogens is 2. The molecule has 0 aliphatic carbocycles. The molecule has 0 aliphatic heterocycles. The van der Waals surface area contributed by atoms with Crippen LogP contribution in [0.5, 0.6) is 5.75 Å². The smallest absolute Gasteiger partial charge is 0.222 e. The first kappa shape index (κ1) is 13.1. The average Bonchev–Trinajstić information content (AvgIpc) is 2.44. The molecule has 0 saturated heterocycles. The Hall–Kier alpha value is -2.30. The van der Waals surface area contributed by atoms with Crippen LogP contribution in [0, 0.1) is 0 Å². The van der Waals surface area contributed by atoms with Crippen LogP contribution in [0.1, 0.15) is 13.3 Å². The summed E-state index contributed by atoms with van der Waals surface area (Å²) in [6, 6.07) is 9.59. The fraction of sp³-hybridized carbons (Fsp3) is 0.286. The van der Waals surface area contributed by atoms with E-state index < -0.39 is 0 Å². The van der Waals surface area contributed by atoms with Gasteiger partial charge in [0, 0.05) is 18.2 Å². The van der Waals surface area contributed by atoms with E-state index in [2.05, 4.69) is 22.2 Å². The van der Waals surface area contributed by atoms with Gasteiger partial charge in [-0.2, -0.15) is 4.98 Å². The summed E-state index contributed by atoms with van der Waals surface area (Å²) >= 11 is 0. The molecule has 0 spiro atoms. The van der Waals surface area contributed by atoms with E-state index in [1.165, 1.54) is 0 Å². The first-order valence-corrected chi connectivity index (χ1v) is 6.25. The van der Waals surface area contributed by atoms with Gasteiger partial charge >= 0.3 is 0 Å². The number of anilines is 2. The van der Waals surface area contributed by atoms with Crippen LogP contribution in [0.3, 0.4) is 0 Å². The van der Waals surface area contributed by atoms with Gasteiger partial charge in [0.1, 0.15) is 11.6 Å². The van der Waals surface area contributed by atoms with Crippen molar-refractivity contribution in [2.75, 3.05) is 24.7 Å². The van der Waals surface area contributed by atoms with Gasteiger partial charge in [-0.3, -0.25) is 0 Å². The Morgan fingerprint density at radius 2 is 1.95 bits per heavy atom. The summed E-state index contributed by atoms with van der Waals surface area (Å²) < 4.78 is 5.14. The van der Waals surface area contributed by atoms with Crippen LogP contribution in [0.25, 0.3) is 11.3 Å². The predicted octanol–water partition coefficient (Wildman–Crippen LogP) is 2.56. The third-order valence-electron chi connectivity index (χ3n) is 2.69. The Kier molecular flexibility index (Phi) is 4.18. The number of ether oxygens (including phenoxy) is 1. The maximum Gasteiger partial charge on any atom is 0.222 e. The lowest BCUT2D eigenvalue weighted by atomic mass is 10.1. The molecule has 100 valence electrons. The Morgan fingerprint density at radius 3 is 2.58 bits per heavy atom. The molecule has 0 amide bonds. The molecular formula is C14H18N4O. The summed E-state index contributed by atoms with van der Waals surface area (Å²) in [7, 11) is 1.64. The molecular weight excluding hydrogens is 240 g/mol. The molecule has 0 aliphatic rings. The lowest BCUT2D eigenvalue weighted by molar-refractivity contribution is 0.415. The van der Waals surface area contributed by atoms with E-state index in [0.717, 1.165) is 35.8 Å². The van der Waals surface area contributed by atoms with Crippen LogP contribution in [0.2, 0.25) is 0 Å². The summed E-state index contributed by atoms with van der Waals surface area (Å²) in [4.78, 5) is 8.41. The molecule has 1 aromatic heterocycles. The van der Waals surface area contributed by atoms with Crippen molar-refractivity contribution in [3.05, 3.63) is 30.3 Å². The van der Waals surface area contributed by atoms with Gasteiger partial charge in [-0.25, -0.2) is 4.98 Å². The second kappa shape index (κ2) is 6.04. The van der Waals surface area contributed by atoms with Gasteiger partial charge in [-0.1, -0.05) is 6.92 Å². The first-order valence-electron chi connectivity index (χ1n) is 6.25. The molecule has 1 aromatic carbocycles. The standard InChI is InChI=1S/C14H18N4O/c1-3-8-16-13-9-12(17-14(15)18-13)10-4-6-11(19-2)7-5-10/h4-7,9H,3,8H2,1-2H3,(H3,15,16,17,18). The topological polar surface area (TPSA) is 73.1 Å². The van der Waals surface area contributed by atoms with Gasteiger partial charge in [0.2, 0.25) is 5.95 Å². The van der Waals surface area contributed by atoms with Gasteiger partial charge in [0.15, 0.2) is 0 Å². The summed E-state index contributed by atoms with van der Waals surface area (Å²) in [5.74, 6) is 1.84. The number of hydrogen-bond acceptors (Lipinski definition) is 5. The van der Waals surface area contributed by atoms with E-state index in [4.69, 9.17) is 10.5 Å². The van der Waals surface area contributed by atoms with Crippen molar-refractivity contribution >= 4 is 11.8 Å². The van der Waals surface area contributed by atoms with Crippen molar-refractivity contribution in [1.82, 2.24) is 9.97 Å². The van der Waals surface area contributed by atoms with Crippen molar-refractivity contribution in [3.63, 3.8) is 0 Å². The highest BCUT2D eigenvalue weighted by molar-refractivity contribution is 5.64. The van der Waals surface area contributed by atoms with E-state index in [9.17, 15) is 0 Å². The Labute approximate surface area is 112 Å². The highest BCUT2D eigenvalue weighted by atomic mass is 16.5. The molecule has 5 heteroatoms. The fourth-order valence-corrected chi connectivity index (χ4v) is 1.72. The number of nitrogen functional groups attached to an aromatic ring is 1. The number of rotatable bonds is 5. The zero-order valence-corrected chi connectivity index (χ0v) is 11.2. The van der Waals surface area contributed by atoms with Crippen LogP contribution in [-0.4, -0.2) is 23.6 Å². The van der Waals surface area contributed by atoms with Crippen LogP contribution in [0.15, 0.2) is 30.3 Å². The summed E-state index contributed by atoms with van der Waals surface area (Å²) in [5.41, 5.74) is 7.52. The van der Waals surface area contributed by atoms with E-state index in [1.807, 2.05) is 30.3 Å². The largest absolute Gasteiger partial charge is 0.497 e. The molecule has 0 radical (unpaired) electrons. The normalized spacial score (nSPS) is 10.2. The maximum absolute atomic E-state index is 5.74. The van der Waals surface area contributed by atoms with Gasteiger partial charge in [0.05, 0.1) is 12.8 Å². The quantitative estimate of drug-likeness (QED) is 0.862. The molecule has 1 heterocycles. The molecule has 5 nitrogen and oxygen atoms in total. The number of nitrogens with two attached hydrogens (primary N) is 1. The molecule has 2 rings (SSSR count). The molecule has 0 unspecified atom stereocenters. The highest BCUT2D eigenvalue weighted by Crippen LogP contribution is 2.23. The number of nitrogens with one attached hydrogen (secondary N) is 1. The fourth-order valence-electron chi connectivity index (χ4n) is 1.72. The second-order valence-corrected chi connectivity index (χ2v) is 4.15. The van der Waals surface area contributed by atoms with Gasteiger partial charge in [-0.05, 0) is 30.7 Å². The number of methoxy groups -OCH3 is 1. The van der Waals surface area contributed by atoms with E-state index in [0.29, 0.717) is 0 Å². The minimum absolute atomic E-state index is 0.270. The summed E-state index contributed by atoms with van der Waals surface area (Å²) in [6.45, 7) is 2.96. The van der Waals surface area contributed by atoms with Crippen molar-refractivity contribution in [2.24, 2.45) is 0 Å². The lowest BCUT2D eigenvalue weighted by Gasteiger charge is -2.08. The minimum Gasteiger partial charge on any atom is -0.497 e. The zero-order chi connectivity index (χ0) is 13.7. The maximum atomic E-state index is 5.74. The highest BCUT2D eigenvalue weighted by Gasteiger charge is 2.05.